The molecule has 0 aliphatic carbocycles. The number of carbonyl (C=O) groups excluding carboxylic acids is 1. The fourth-order valence-corrected chi connectivity index (χ4v) is 2.52. The number of benzene rings is 2. The molecule has 0 fully saturated rings. The first kappa shape index (κ1) is 17.2. The molecule has 24 heavy (non-hydrogen) atoms. The minimum Gasteiger partial charge on any atom is -0.332 e. The number of halogens is 1. The van der Waals surface area contributed by atoms with Crippen LogP contribution < -0.4 is 0 Å². The Hall–Kier alpha value is -3.18. The van der Waals surface area contributed by atoms with Gasteiger partial charge in [-0.3, -0.25) is 4.79 Å². The van der Waals surface area contributed by atoms with Crippen molar-refractivity contribution < 1.29 is 9.18 Å². The molecule has 0 aliphatic rings. The van der Waals surface area contributed by atoms with E-state index >= 15 is 0 Å². The highest BCUT2D eigenvalue weighted by Gasteiger charge is 2.22. The molecule has 4 nitrogen and oxygen atoms in total. The standard InChI is InChI=1S/C19H16FN3O/c1-3-23(13(2)15-6-4-14(11-21)5-7-15)19(24)16-8-9-18(20)17(10-16)12-22/h4-10,13H,3H2,1-2H3/t13-/m1/s1. The van der Waals surface area contributed by atoms with Crippen molar-refractivity contribution in [1.29, 1.82) is 10.5 Å². The quantitative estimate of drug-likeness (QED) is 0.860. The van der Waals surface area contributed by atoms with Crippen molar-refractivity contribution in [3.05, 3.63) is 70.5 Å². The van der Waals surface area contributed by atoms with Crippen molar-refractivity contribution >= 4 is 5.91 Å². The molecule has 2 rings (SSSR count). The number of amides is 1. The number of rotatable bonds is 4. The highest BCUT2D eigenvalue weighted by molar-refractivity contribution is 5.94. The van der Waals surface area contributed by atoms with E-state index in [-0.39, 0.29) is 23.1 Å². The predicted molar refractivity (Wildman–Crippen MR) is 87.4 cm³/mol. The molecule has 5 heteroatoms. The maximum Gasteiger partial charge on any atom is 0.254 e. The van der Waals surface area contributed by atoms with Gasteiger partial charge in [0.25, 0.3) is 5.91 Å². The molecule has 1 atom stereocenters. The van der Waals surface area contributed by atoms with Gasteiger partial charge in [-0.2, -0.15) is 10.5 Å². The number of nitriles is 2. The van der Waals surface area contributed by atoms with Crippen LogP contribution in [0.5, 0.6) is 0 Å². The molecule has 0 heterocycles. The fraction of sp³-hybridized carbons (Fsp3) is 0.211. The lowest BCUT2D eigenvalue weighted by Gasteiger charge is -2.28. The second-order valence-electron chi connectivity index (χ2n) is 5.31. The van der Waals surface area contributed by atoms with E-state index in [4.69, 9.17) is 10.5 Å². The highest BCUT2D eigenvalue weighted by atomic mass is 19.1. The predicted octanol–water partition coefficient (Wildman–Crippen LogP) is 3.79. The lowest BCUT2D eigenvalue weighted by Crippen LogP contribution is -2.33. The maximum atomic E-state index is 13.4. The van der Waals surface area contributed by atoms with E-state index in [0.29, 0.717) is 12.1 Å². The third kappa shape index (κ3) is 3.42. The van der Waals surface area contributed by atoms with Gasteiger partial charge in [0.1, 0.15) is 11.9 Å². The summed E-state index contributed by atoms with van der Waals surface area (Å²) in [6.07, 6.45) is 0. The van der Waals surface area contributed by atoms with Crippen molar-refractivity contribution in [2.45, 2.75) is 19.9 Å². The van der Waals surface area contributed by atoms with Gasteiger partial charge < -0.3 is 4.90 Å². The third-order valence-corrected chi connectivity index (χ3v) is 3.93. The van der Waals surface area contributed by atoms with Crippen LogP contribution in [0.15, 0.2) is 42.5 Å². The average Bonchev–Trinajstić information content (AvgIpc) is 2.62. The first-order valence-electron chi connectivity index (χ1n) is 7.52. The van der Waals surface area contributed by atoms with Gasteiger partial charge in [-0.1, -0.05) is 12.1 Å². The molecule has 2 aromatic rings. The van der Waals surface area contributed by atoms with Gasteiger partial charge in [0.05, 0.1) is 23.2 Å². The molecule has 2 aromatic carbocycles. The summed E-state index contributed by atoms with van der Waals surface area (Å²) in [5.74, 6) is -0.914. The topological polar surface area (TPSA) is 67.9 Å². The Kier molecular flexibility index (Phi) is 5.29. The zero-order valence-corrected chi connectivity index (χ0v) is 13.5. The van der Waals surface area contributed by atoms with Crippen molar-refractivity contribution in [2.24, 2.45) is 0 Å². The second kappa shape index (κ2) is 7.39. The van der Waals surface area contributed by atoms with E-state index in [2.05, 4.69) is 6.07 Å². The van der Waals surface area contributed by atoms with E-state index in [1.54, 1.807) is 23.1 Å². The Labute approximate surface area is 140 Å². The van der Waals surface area contributed by atoms with Gasteiger partial charge in [0, 0.05) is 12.1 Å². The Morgan fingerprint density at radius 2 is 1.83 bits per heavy atom. The van der Waals surface area contributed by atoms with Crippen molar-refractivity contribution in [3.8, 4) is 12.1 Å². The first-order valence-corrected chi connectivity index (χ1v) is 7.52. The lowest BCUT2D eigenvalue weighted by atomic mass is 10.0. The molecule has 1 amide bonds. The SMILES string of the molecule is CCN(C(=O)c1ccc(F)c(C#N)c1)[C@H](C)c1ccc(C#N)cc1. The van der Waals surface area contributed by atoms with E-state index < -0.39 is 5.82 Å². The minimum atomic E-state index is -0.641. The summed E-state index contributed by atoms with van der Waals surface area (Å²) < 4.78 is 13.4. The van der Waals surface area contributed by atoms with Gasteiger partial charge in [-0.05, 0) is 49.7 Å². The number of nitrogens with zero attached hydrogens (tertiary/aromatic N) is 3. The van der Waals surface area contributed by atoms with Gasteiger partial charge >= 0.3 is 0 Å². The van der Waals surface area contributed by atoms with Crippen molar-refractivity contribution in [1.82, 2.24) is 4.90 Å². The number of hydrogen-bond donors (Lipinski definition) is 0. The van der Waals surface area contributed by atoms with Crippen LogP contribution in [0, 0.1) is 28.5 Å². The molecule has 0 bridgehead atoms. The Morgan fingerprint density at radius 1 is 1.17 bits per heavy atom. The summed E-state index contributed by atoms with van der Waals surface area (Å²) in [7, 11) is 0. The molecule has 0 aliphatic heterocycles. The van der Waals surface area contributed by atoms with E-state index in [0.717, 1.165) is 11.6 Å². The van der Waals surface area contributed by atoms with E-state index in [9.17, 15) is 9.18 Å². The maximum absolute atomic E-state index is 13.4. The molecule has 0 saturated heterocycles. The molecule has 0 saturated carbocycles. The second-order valence-corrected chi connectivity index (χ2v) is 5.31. The molecule has 0 spiro atoms. The van der Waals surface area contributed by atoms with Crippen LogP contribution in [0.4, 0.5) is 4.39 Å². The molecule has 120 valence electrons. The monoisotopic (exact) mass is 321 g/mol. The zero-order valence-electron chi connectivity index (χ0n) is 13.5. The highest BCUT2D eigenvalue weighted by Crippen LogP contribution is 2.23. The minimum absolute atomic E-state index is 0.150. The zero-order chi connectivity index (χ0) is 17.7. The van der Waals surface area contributed by atoms with Gasteiger partial charge in [0.2, 0.25) is 0 Å². The summed E-state index contributed by atoms with van der Waals surface area (Å²) in [6, 6.07) is 14.4. The molecule has 0 radical (unpaired) electrons. The molecular formula is C19H16FN3O. The van der Waals surface area contributed by atoms with Gasteiger partial charge in [-0.25, -0.2) is 4.39 Å². The summed E-state index contributed by atoms with van der Waals surface area (Å²) in [5.41, 5.74) is 1.57. The van der Waals surface area contributed by atoms with E-state index in [1.807, 2.05) is 26.0 Å². The summed E-state index contributed by atoms with van der Waals surface area (Å²) in [6.45, 7) is 4.20. The number of carbonyl (C=O) groups is 1. The fourth-order valence-electron chi connectivity index (χ4n) is 2.52. The summed E-state index contributed by atoms with van der Waals surface area (Å²) in [4.78, 5) is 14.4. The molecule has 0 unspecified atom stereocenters. The van der Waals surface area contributed by atoms with Crippen LogP contribution >= 0.6 is 0 Å². The lowest BCUT2D eigenvalue weighted by molar-refractivity contribution is 0.0702. The average molecular weight is 321 g/mol. The Bertz CT molecular complexity index is 831. The van der Waals surface area contributed by atoms with Crippen LogP contribution in [-0.4, -0.2) is 17.4 Å². The molecular weight excluding hydrogens is 305 g/mol. The first-order chi connectivity index (χ1) is 11.5. The normalized spacial score (nSPS) is 11.2. The van der Waals surface area contributed by atoms with Crippen molar-refractivity contribution in [2.75, 3.05) is 6.54 Å². The van der Waals surface area contributed by atoms with Gasteiger partial charge in [0.15, 0.2) is 0 Å². The third-order valence-electron chi connectivity index (χ3n) is 3.93. The van der Waals surface area contributed by atoms with Gasteiger partial charge in [-0.15, -0.1) is 0 Å². The largest absolute Gasteiger partial charge is 0.332 e. The van der Waals surface area contributed by atoms with Crippen LogP contribution in [-0.2, 0) is 0 Å². The number of hydrogen-bond acceptors (Lipinski definition) is 3. The van der Waals surface area contributed by atoms with Crippen LogP contribution in [0.1, 0.15) is 46.9 Å². The van der Waals surface area contributed by atoms with E-state index in [1.165, 1.54) is 12.1 Å². The summed E-state index contributed by atoms with van der Waals surface area (Å²) in [5, 5.41) is 17.8. The van der Waals surface area contributed by atoms with Crippen molar-refractivity contribution in [3.63, 3.8) is 0 Å². The van der Waals surface area contributed by atoms with Crippen LogP contribution in [0.3, 0.4) is 0 Å². The smallest absolute Gasteiger partial charge is 0.254 e. The van der Waals surface area contributed by atoms with Crippen LogP contribution in [0.25, 0.3) is 0 Å². The Morgan fingerprint density at radius 3 is 2.38 bits per heavy atom. The molecule has 0 aromatic heterocycles. The van der Waals surface area contributed by atoms with Crippen LogP contribution in [0.2, 0.25) is 0 Å². The summed E-state index contributed by atoms with van der Waals surface area (Å²) >= 11 is 0. The molecule has 0 N–H and O–H groups in total. The Balaban J connectivity index is 2.31.